The van der Waals surface area contributed by atoms with E-state index in [0.29, 0.717) is 0 Å². The summed E-state index contributed by atoms with van der Waals surface area (Å²) in [5, 5.41) is 29.2. The Kier molecular flexibility index (Phi) is 5.27. The van der Waals surface area contributed by atoms with Crippen LogP contribution in [0.5, 0.6) is 0 Å². The zero-order valence-electron chi connectivity index (χ0n) is 11.5. The maximum Gasteiger partial charge on any atom is 0.338 e. The van der Waals surface area contributed by atoms with Crippen LogP contribution in [0, 0.1) is 0 Å². The Morgan fingerprint density at radius 1 is 1.24 bits per heavy atom. The van der Waals surface area contributed by atoms with Gasteiger partial charge in [-0.1, -0.05) is 18.2 Å². The van der Waals surface area contributed by atoms with Gasteiger partial charge in [0.25, 0.3) is 0 Å². The van der Waals surface area contributed by atoms with E-state index in [1.165, 1.54) is 7.11 Å². The molecule has 1 fully saturated rings. The second-order valence-corrected chi connectivity index (χ2v) is 4.68. The molecule has 5 atom stereocenters. The lowest BCUT2D eigenvalue weighted by atomic mass is 9.99. The van der Waals surface area contributed by atoms with Gasteiger partial charge in [-0.3, -0.25) is 0 Å². The molecule has 21 heavy (non-hydrogen) atoms. The van der Waals surface area contributed by atoms with Gasteiger partial charge in [-0.05, 0) is 12.1 Å². The predicted molar refractivity (Wildman–Crippen MR) is 70.4 cm³/mol. The van der Waals surface area contributed by atoms with E-state index < -0.39 is 43.3 Å². The molecule has 1 aromatic rings. The molecule has 1 aliphatic heterocycles. The normalized spacial score (nSPS) is 32.7. The summed E-state index contributed by atoms with van der Waals surface area (Å²) in [5.41, 5.74) is 0.290. The number of aliphatic hydroxyl groups is 3. The Balaban J connectivity index is 2.13. The molecule has 116 valence electrons. The fourth-order valence-corrected chi connectivity index (χ4v) is 2.15. The molecule has 0 unspecified atom stereocenters. The van der Waals surface area contributed by atoms with Crippen LogP contribution in [0.15, 0.2) is 30.3 Å². The fourth-order valence-electron chi connectivity index (χ4n) is 2.15. The maximum atomic E-state index is 12.0. The first kappa shape index (κ1) is 15.9. The van der Waals surface area contributed by atoms with Crippen molar-refractivity contribution in [3.8, 4) is 0 Å². The quantitative estimate of drug-likeness (QED) is 0.631. The van der Waals surface area contributed by atoms with Gasteiger partial charge in [0.1, 0.15) is 18.3 Å². The minimum absolute atomic E-state index is 0.290. The van der Waals surface area contributed by atoms with Gasteiger partial charge < -0.3 is 29.5 Å². The highest BCUT2D eigenvalue weighted by molar-refractivity contribution is 5.89. The van der Waals surface area contributed by atoms with Crippen LogP contribution in [0.2, 0.25) is 0 Å². The van der Waals surface area contributed by atoms with Crippen molar-refractivity contribution in [2.75, 3.05) is 13.7 Å². The topological polar surface area (TPSA) is 105 Å². The number of benzene rings is 1. The monoisotopic (exact) mass is 298 g/mol. The number of ether oxygens (including phenoxy) is 3. The van der Waals surface area contributed by atoms with Gasteiger partial charge in [-0.15, -0.1) is 0 Å². The van der Waals surface area contributed by atoms with Crippen molar-refractivity contribution in [1.82, 2.24) is 0 Å². The average molecular weight is 298 g/mol. The van der Waals surface area contributed by atoms with Gasteiger partial charge in [0.05, 0.1) is 12.2 Å². The zero-order chi connectivity index (χ0) is 15.4. The smallest absolute Gasteiger partial charge is 0.338 e. The first-order valence-electron chi connectivity index (χ1n) is 6.49. The molecule has 0 saturated carbocycles. The van der Waals surface area contributed by atoms with Crippen LogP contribution >= 0.6 is 0 Å². The summed E-state index contributed by atoms with van der Waals surface area (Å²) >= 11 is 0. The molecular weight excluding hydrogens is 280 g/mol. The number of carbonyl (C=O) groups is 1. The predicted octanol–water partition coefficient (Wildman–Crippen LogP) is -0.703. The van der Waals surface area contributed by atoms with E-state index in [1.54, 1.807) is 30.3 Å². The number of esters is 1. The fraction of sp³-hybridized carbons (Fsp3) is 0.500. The summed E-state index contributed by atoms with van der Waals surface area (Å²) in [7, 11) is 1.30. The zero-order valence-corrected chi connectivity index (χ0v) is 11.5. The summed E-state index contributed by atoms with van der Waals surface area (Å²) in [4.78, 5) is 12.0. The van der Waals surface area contributed by atoms with Crippen LogP contribution in [0.25, 0.3) is 0 Å². The number of rotatable bonds is 4. The Labute approximate surface area is 121 Å². The van der Waals surface area contributed by atoms with E-state index in [4.69, 9.17) is 19.3 Å². The van der Waals surface area contributed by atoms with Gasteiger partial charge in [-0.25, -0.2) is 4.79 Å². The van der Waals surface area contributed by atoms with Crippen molar-refractivity contribution in [1.29, 1.82) is 0 Å². The lowest BCUT2D eigenvalue weighted by molar-refractivity contribution is -0.293. The standard InChI is InChI=1S/C14H18O7/c1-19-14-11(17)12(10(16)9(7-15)20-14)21-13(18)8-5-3-2-4-6-8/h2-6,9-12,14-17H,7H2,1H3/t9-,10-,11+,12+,14+/m0/s1. The van der Waals surface area contributed by atoms with Crippen LogP contribution in [-0.2, 0) is 14.2 Å². The SMILES string of the molecule is CO[C@@H]1O[C@@H](CO)[C@H](O)[C@@H](OC(=O)c2ccccc2)[C@H]1O. The van der Waals surface area contributed by atoms with Gasteiger partial charge in [0.2, 0.25) is 0 Å². The summed E-state index contributed by atoms with van der Waals surface area (Å²) in [5.74, 6) is -0.688. The summed E-state index contributed by atoms with van der Waals surface area (Å²) in [6.45, 7) is -0.493. The van der Waals surface area contributed by atoms with Gasteiger partial charge in [-0.2, -0.15) is 0 Å². The van der Waals surface area contributed by atoms with Gasteiger partial charge >= 0.3 is 5.97 Å². The Hall–Kier alpha value is -1.51. The molecule has 0 spiro atoms. The molecule has 0 bridgehead atoms. The molecule has 1 saturated heterocycles. The van der Waals surface area contributed by atoms with Crippen LogP contribution in [0.3, 0.4) is 0 Å². The van der Waals surface area contributed by atoms with Crippen LogP contribution in [-0.4, -0.2) is 65.7 Å². The summed E-state index contributed by atoms with van der Waals surface area (Å²) in [6, 6.07) is 8.19. The summed E-state index contributed by atoms with van der Waals surface area (Å²) < 4.78 is 15.2. The van der Waals surface area contributed by atoms with Crippen LogP contribution in [0.1, 0.15) is 10.4 Å². The third-order valence-electron chi connectivity index (χ3n) is 3.31. The van der Waals surface area contributed by atoms with E-state index in [-0.39, 0.29) is 5.56 Å². The maximum absolute atomic E-state index is 12.0. The van der Waals surface area contributed by atoms with Gasteiger partial charge in [0.15, 0.2) is 12.4 Å². The Morgan fingerprint density at radius 2 is 1.90 bits per heavy atom. The van der Waals surface area contributed by atoms with Crippen LogP contribution < -0.4 is 0 Å². The molecule has 7 heteroatoms. The van der Waals surface area contributed by atoms with E-state index >= 15 is 0 Å². The minimum Gasteiger partial charge on any atom is -0.453 e. The molecule has 1 aromatic carbocycles. The molecule has 0 amide bonds. The minimum atomic E-state index is -1.36. The highest BCUT2D eigenvalue weighted by atomic mass is 16.7. The second kappa shape index (κ2) is 6.97. The largest absolute Gasteiger partial charge is 0.453 e. The molecule has 0 radical (unpaired) electrons. The molecule has 3 N–H and O–H groups in total. The molecule has 2 rings (SSSR count). The lowest BCUT2D eigenvalue weighted by Crippen LogP contribution is -2.60. The first-order valence-corrected chi connectivity index (χ1v) is 6.49. The van der Waals surface area contributed by atoms with Crippen molar-refractivity contribution in [3.63, 3.8) is 0 Å². The Morgan fingerprint density at radius 3 is 2.48 bits per heavy atom. The lowest BCUT2D eigenvalue weighted by Gasteiger charge is -2.40. The summed E-state index contributed by atoms with van der Waals surface area (Å²) in [6.07, 6.45) is -6.08. The van der Waals surface area contributed by atoms with Gasteiger partial charge in [0, 0.05) is 7.11 Å². The Bertz CT molecular complexity index is 448. The van der Waals surface area contributed by atoms with Crippen molar-refractivity contribution in [2.24, 2.45) is 0 Å². The van der Waals surface area contributed by atoms with E-state index in [2.05, 4.69) is 0 Å². The molecule has 0 aromatic heterocycles. The highest BCUT2D eigenvalue weighted by Crippen LogP contribution is 2.24. The molecular formula is C14H18O7. The van der Waals surface area contributed by atoms with Crippen molar-refractivity contribution in [2.45, 2.75) is 30.7 Å². The third kappa shape index (κ3) is 3.39. The average Bonchev–Trinajstić information content (AvgIpc) is 2.52. The van der Waals surface area contributed by atoms with Crippen molar-refractivity contribution < 1.29 is 34.3 Å². The van der Waals surface area contributed by atoms with E-state index in [9.17, 15) is 15.0 Å². The molecule has 0 aliphatic carbocycles. The first-order chi connectivity index (χ1) is 10.1. The molecule has 1 heterocycles. The van der Waals surface area contributed by atoms with E-state index in [1.807, 2.05) is 0 Å². The number of hydrogen-bond acceptors (Lipinski definition) is 7. The second-order valence-electron chi connectivity index (χ2n) is 4.68. The molecule has 7 nitrogen and oxygen atoms in total. The van der Waals surface area contributed by atoms with Crippen molar-refractivity contribution >= 4 is 5.97 Å². The third-order valence-corrected chi connectivity index (χ3v) is 3.31. The number of hydrogen-bond donors (Lipinski definition) is 3. The number of methoxy groups -OCH3 is 1. The van der Waals surface area contributed by atoms with Crippen molar-refractivity contribution in [3.05, 3.63) is 35.9 Å². The highest BCUT2D eigenvalue weighted by Gasteiger charge is 2.46. The number of aliphatic hydroxyl groups excluding tert-OH is 3. The van der Waals surface area contributed by atoms with E-state index in [0.717, 1.165) is 0 Å². The molecule has 1 aliphatic rings. The van der Waals surface area contributed by atoms with Crippen LogP contribution in [0.4, 0.5) is 0 Å². The number of carbonyl (C=O) groups excluding carboxylic acids is 1.